The summed E-state index contributed by atoms with van der Waals surface area (Å²) in [5.74, 6) is -0.148. The highest BCUT2D eigenvalue weighted by molar-refractivity contribution is 5.63. The number of allylic oxidation sites excluding steroid dienone is 1. The SMILES string of the molecule is CC(=CCCNC(C)(C)C)c1ccccc1F. The normalized spacial score (nSPS) is 12.9. The molecule has 1 aromatic rings. The molecule has 0 bridgehead atoms. The van der Waals surface area contributed by atoms with Crippen LogP contribution in [0.3, 0.4) is 0 Å². The van der Waals surface area contributed by atoms with Crippen LogP contribution in [0, 0.1) is 5.82 Å². The Hall–Kier alpha value is -1.15. The lowest BCUT2D eigenvalue weighted by molar-refractivity contribution is 0.431. The van der Waals surface area contributed by atoms with Crippen molar-refractivity contribution in [1.82, 2.24) is 5.32 Å². The first-order valence-corrected chi connectivity index (χ1v) is 6.07. The zero-order chi connectivity index (χ0) is 12.9. The Morgan fingerprint density at radius 2 is 1.94 bits per heavy atom. The third-order valence-electron chi connectivity index (χ3n) is 2.55. The lowest BCUT2D eigenvalue weighted by Crippen LogP contribution is -2.36. The Bertz CT molecular complexity index is 388. The molecular weight excluding hydrogens is 213 g/mol. The maximum Gasteiger partial charge on any atom is 0.130 e. The summed E-state index contributed by atoms with van der Waals surface area (Å²) in [5.41, 5.74) is 1.83. The molecule has 0 saturated carbocycles. The lowest BCUT2D eigenvalue weighted by atomic mass is 10.1. The second-order valence-electron chi connectivity index (χ2n) is 5.33. The van der Waals surface area contributed by atoms with Gasteiger partial charge in [-0.15, -0.1) is 0 Å². The molecule has 0 aliphatic heterocycles. The quantitative estimate of drug-likeness (QED) is 0.778. The smallest absolute Gasteiger partial charge is 0.130 e. The first-order chi connectivity index (χ1) is 7.90. The molecule has 0 unspecified atom stereocenters. The van der Waals surface area contributed by atoms with Crippen molar-refractivity contribution in [3.8, 4) is 0 Å². The zero-order valence-corrected chi connectivity index (χ0v) is 11.2. The Morgan fingerprint density at radius 3 is 2.53 bits per heavy atom. The molecule has 1 aromatic carbocycles. The van der Waals surface area contributed by atoms with Gasteiger partial charge in [-0.05, 0) is 52.3 Å². The van der Waals surface area contributed by atoms with Gasteiger partial charge in [-0.25, -0.2) is 4.39 Å². The minimum absolute atomic E-state index is 0.139. The summed E-state index contributed by atoms with van der Waals surface area (Å²) >= 11 is 0. The van der Waals surface area contributed by atoms with Crippen LogP contribution in [0.15, 0.2) is 30.3 Å². The van der Waals surface area contributed by atoms with Crippen molar-refractivity contribution < 1.29 is 4.39 Å². The van der Waals surface area contributed by atoms with Crippen LogP contribution in [-0.4, -0.2) is 12.1 Å². The molecule has 0 spiro atoms. The second-order valence-corrected chi connectivity index (χ2v) is 5.33. The summed E-state index contributed by atoms with van der Waals surface area (Å²) in [6, 6.07) is 6.90. The molecule has 0 heterocycles. The monoisotopic (exact) mass is 235 g/mol. The van der Waals surface area contributed by atoms with Crippen molar-refractivity contribution in [1.29, 1.82) is 0 Å². The van der Waals surface area contributed by atoms with E-state index in [2.05, 4.69) is 32.2 Å². The molecule has 2 heteroatoms. The van der Waals surface area contributed by atoms with Crippen LogP contribution in [0.5, 0.6) is 0 Å². The predicted octanol–water partition coefficient (Wildman–Crippen LogP) is 4.01. The average molecular weight is 235 g/mol. The Kier molecular flexibility index (Phi) is 4.88. The molecule has 1 N–H and O–H groups in total. The van der Waals surface area contributed by atoms with Gasteiger partial charge in [-0.3, -0.25) is 0 Å². The number of benzene rings is 1. The zero-order valence-electron chi connectivity index (χ0n) is 11.2. The van der Waals surface area contributed by atoms with Gasteiger partial charge in [0.25, 0.3) is 0 Å². The van der Waals surface area contributed by atoms with E-state index in [1.54, 1.807) is 6.07 Å². The fourth-order valence-corrected chi connectivity index (χ4v) is 1.63. The third kappa shape index (κ3) is 5.14. The molecule has 0 aliphatic carbocycles. The van der Waals surface area contributed by atoms with Crippen molar-refractivity contribution in [3.05, 3.63) is 41.7 Å². The van der Waals surface area contributed by atoms with Gasteiger partial charge >= 0.3 is 0 Å². The summed E-state index contributed by atoms with van der Waals surface area (Å²) in [4.78, 5) is 0. The molecule has 0 fully saturated rings. The van der Waals surface area contributed by atoms with Crippen LogP contribution in [-0.2, 0) is 0 Å². The van der Waals surface area contributed by atoms with Gasteiger partial charge in [0.15, 0.2) is 0 Å². The van der Waals surface area contributed by atoms with E-state index in [1.807, 2.05) is 19.1 Å². The maximum atomic E-state index is 13.5. The van der Waals surface area contributed by atoms with E-state index in [4.69, 9.17) is 0 Å². The summed E-state index contributed by atoms with van der Waals surface area (Å²) in [6.45, 7) is 9.28. The van der Waals surface area contributed by atoms with Crippen LogP contribution in [0.25, 0.3) is 5.57 Å². The summed E-state index contributed by atoms with van der Waals surface area (Å²) < 4.78 is 13.5. The largest absolute Gasteiger partial charge is 0.312 e. The summed E-state index contributed by atoms with van der Waals surface area (Å²) in [6.07, 6.45) is 2.99. The number of hydrogen-bond donors (Lipinski definition) is 1. The van der Waals surface area contributed by atoms with E-state index in [9.17, 15) is 4.39 Å². The summed E-state index contributed by atoms with van der Waals surface area (Å²) in [5, 5.41) is 3.40. The van der Waals surface area contributed by atoms with Crippen molar-refractivity contribution in [2.75, 3.05) is 6.54 Å². The van der Waals surface area contributed by atoms with Crippen LogP contribution in [0.1, 0.15) is 39.7 Å². The first-order valence-electron chi connectivity index (χ1n) is 6.07. The molecule has 1 rings (SSSR count). The van der Waals surface area contributed by atoms with Gasteiger partial charge in [-0.1, -0.05) is 24.3 Å². The number of hydrogen-bond acceptors (Lipinski definition) is 1. The maximum absolute atomic E-state index is 13.5. The molecule has 0 amide bonds. The Labute approximate surface area is 104 Å². The van der Waals surface area contributed by atoms with E-state index in [0.29, 0.717) is 5.56 Å². The Morgan fingerprint density at radius 1 is 1.29 bits per heavy atom. The van der Waals surface area contributed by atoms with Crippen molar-refractivity contribution >= 4 is 5.57 Å². The van der Waals surface area contributed by atoms with Crippen molar-refractivity contribution in [2.24, 2.45) is 0 Å². The fraction of sp³-hybridized carbons (Fsp3) is 0.467. The van der Waals surface area contributed by atoms with Crippen LogP contribution < -0.4 is 5.32 Å². The van der Waals surface area contributed by atoms with Crippen LogP contribution in [0.4, 0.5) is 4.39 Å². The predicted molar refractivity (Wildman–Crippen MR) is 72.4 cm³/mol. The van der Waals surface area contributed by atoms with Crippen LogP contribution >= 0.6 is 0 Å². The highest BCUT2D eigenvalue weighted by Crippen LogP contribution is 2.17. The van der Waals surface area contributed by atoms with Gasteiger partial charge in [0.2, 0.25) is 0 Å². The second kappa shape index (κ2) is 5.97. The average Bonchev–Trinajstić information content (AvgIpc) is 2.23. The minimum atomic E-state index is -0.148. The Balaban J connectivity index is 2.53. The molecular formula is C15H22FN. The number of rotatable bonds is 4. The van der Waals surface area contributed by atoms with Crippen molar-refractivity contribution in [3.63, 3.8) is 0 Å². The standard InChI is InChI=1S/C15H22FN/c1-12(8-7-11-17-15(2,3)4)13-9-5-6-10-14(13)16/h5-6,8-10,17H,7,11H2,1-4H3. The third-order valence-corrected chi connectivity index (χ3v) is 2.55. The fourth-order valence-electron chi connectivity index (χ4n) is 1.63. The van der Waals surface area contributed by atoms with Gasteiger partial charge in [0.05, 0.1) is 0 Å². The molecule has 0 radical (unpaired) electrons. The van der Waals surface area contributed by atoms with Gasteiger partial charge in [0.1, 0.15) is 5.82 Å². The molecule has 94 valence electrons. The van der Waals surface area contributed by atoms with E-state index in [1.165, 1.54) is 6.07 Å². The molecule has 0 atom stereocenters. The molecule has 1 nitrogen and oxygen atoms in total. The van der Waals surface area contributed by atoms with E-state index >= 15 is 0 Å². The molecule has 17 heavy (non-hydrogen) atoms. The number of nitrogens with one attached hydrogen (secondary N) is 1. The lowest BCUT2D eigenvalue weighted by Gasteiger charge is -2.19. The summed E-state index contributed by atoms with van der Waals surface area (Å²) in [7, 11) is 0. The van der Waals surface area contributed by atoms with E-state index in [-0.39, 0.29) is 11.4 Å². The number of halogens is 1. The topological polar surface area (TPSA) is 12.0 Å². The van der Waals surface area contributed by atoms with Crippen LogP contribution in [0.2, 0.25) is 0 Å². The minimum Gasteiger partial charge on any atom is -0.312 e. The van der Waals surface area contributed by atoms with Gasteiger partial charge < -0.3 is 5.32 Å². The van der Waals surface area contributed by atoms with Gasteiger partial charge in [-0.2, -0.15) is 0 Å². The highest BCUT2D eigenvalue weighted by atomic mass is 19.1. The molecule has 0 saturated heterocycles. The van der Waals surface area contributed by atoms with Gasteiger partial charge in [0, 0.05) is 11.1 Å². The first kappa shape index (κ1) is 13.9. The molecule has 0 aromatic heterocycles. The van der Waals surface area contributed by atoms with E-state index < -0.39 is 0 Å². The highest BCUT2D eigenvalue weighted by Gasteiger charge is 2.07. The van der Waals surface area contributed by atoms with E-state index in [0.717, 1.165) is 18.5 Å². The van der Waals surface area contributed by atoms with Crippen molar-refractivity contribution in [2.45, 2.75) is 39.7 Å². The molecule has 0 aliphatic rings.